The zero-order valence-electron chi connectivity index (χ0n) is 21.1. The second kappa shape index (κ2) is 13.7. The van der Waals surface area contributed by atoms with Crippen LogP contribution in [-0.2, 0) is 30.5 Å². The summed E-state index contributed by atoms with van der Waals surface area (Å²) in [4.78, 5) is 64.7. The number of tetrazole rings is 1. The molecule has 0 spiro atoms. The van der Waals surface area contributed by atoms with Crippen LogP contribution in [0.2, 0.25) is 10.0 Å². The number of halogens is 2. The number of carboxylic acids is 1. The second-order valence-corrected chi connectivity index (χ2v) is 10.6. The molecule has 16 heteroatoms. The largest absolute Gasteiger partial charge is 0.481 e. The molecule has 13 nitrogen and oxygen atoms in total. The van der Waals surface area contributed by atoms with Crippen molar-refractivity contribution in [2.75, 3.05) is 6.54 Å². The van der Waals surface area contributed by atoms with Crippen molar-refractivity contribution in [2.24, 2.45) is 0 Å². The summed E-state index contributed by atoms with van der Waals surface area (Å²) in [6, 6.07) is 1.78. The zero-order valence-corrected chi connectivity index (χ0v) is 23.4. The van der Waals surface area contributed by atoms with Crippen LogP contribution in [0.15, 0.2) is 28.3 Å². The highest BCUT2D eigenvalue weighted by molar-refractivity contribution is 7.99. The summed E-state index contributed by atoms with van der Waals surface area (Å²) < 4.78 is 0. The van der Waals surface area contributed by atoms with Gasteiger partial charge in [-0.05, 0) is 55.3 Å². The molecule has 0 bridgehead atoms. The van der Waals surface area contributed by atoms with Gasteiger partial charge in [0.15, 0.2) is 5.78 Å². The minimum Gasteiger partial charge on any atom is -0.481 e. The summed E-state index contributed by atoms with van der Waals surface area (Å²) >= 11 is 13.4. The number of rotatable bonds is 11. The van der Waals surface area contributed by atoms with Gasteiger partial charge < -0.3 is 20.6 Å². The van der Waals surface area contributed by atoms with Gasteiger partial charge in [0.1, 0.15) is 24.7 Å². The van der Waals surface area contributed by atoms with Crippen LogP contribution in [0.5, 0.6) is 0 Å². The number of ketones is 1. The lowest BCUT2D eigenvalue weighted by molar-refractivity contribution is -0.144. The first-order valence-corrected chi connectivity index (χ1v) is 13.6. The molecular formula is C23H27Cl2N7O6S. The van der Waals surface area contributed by atoms with E-state index in [9.17, 15) is 29.1 Å². The Morgan fingerprint density at radius 2 is 1.90 bits per heavy atom. The minimum atomic E-state index is -1.41. The van der Waals surface area contributed by atoms with Crippen LogP contribution >= 0.6 is 35.0 Å². The molecule has 0 radical (unpaired) electrons. The zero-order chi connectivity index (χ0) is 28.7. The summed E-state index contributed by atoms with van der Waals surface area (Å²) in [5.41, 5.74) is 0. The van der Waals surface area contributed by atoms with E-state index >= 15 is 0 Å². The molecule has 1 aromatic carbocycles. The Morgan fingerprint density at radius 3 is 2.54 bits per heavy atom. The monoisotopic (exact) mass is 599 g/mol. The molecule has 1 unspecified atom stereocenters. The second-order valence-electron chi connectivity index (χ2n) is 8.84. The maximum absolute atomic E-state index is 13.0. The summed E-state index contributed by atoms with van der Waals surface area (Å²) in [7, 11) is 0. The van der Waals surface area contributed by atoms with Gasteiger partial charge in [0.05, 0.1) is 21.4 Å². The molecule has 1 aromatic heterocycles. The number of nitrogens with zero attached hydrogens (tertiary/aromatic N) is 5. The molecule has 1 aliphatic heterocycles. The number of nitrogens with one attached hydrogen (secondary N) is 2. The van der Waals surface area contributed by atoms with E-state index in [4.69, 9.17) is 23.2 Å². The maximum atomic E-state index is 13.0. The van der Waals surface area contributed by atoms with Crippen molar-refractivity contribution in [1.29, 1.82) is 0 Å². The van der Waals surface area contributed by atoms with Crippen molar-refractivity contribution in [2.45, 2.75) is 74.3 Å². The van der Waals surface area contributed by atoms with E-state index in [2.05, 4.69) is 26.0 Å². The fourth-order valence-corrected chi connectivity index (χ4v) is 5.29. The lowest BCUT2D eigenvalue weighted by Crippen LogP contribution is -2.56. The number of hydrogen-bond acceptors (Lipinski definition) is 9. The van der Waals surface area contributed by atoms with Gasteiger partial charge in [-0.25, -0.2) is 0 Å². The number of likely N-dealkylation sites (tertiary alicyclic amines) is 1. The lowest BCUT2D eigenvalue weighted by atomic mass is 10.1. The van der Waals surface area contributed by atoms with Gasteiger partial charge >= 0.3 is 5.97 Å². The molecule has 1 aliphatic rings. The molecule has 2 aromatic rings. The third-order valence-electron chi connectivity index (χ3n) is 5.88. The molecule has 0 aliphatic carbocycles. The Morgan fingerprint density at radius 1 is 1.21 bits per heavy atom. The van der Waals surface area contributed by atoms with Crippen molar-refractivity contribution in [1.82, 2.24) is 35.7 Å². The van der Waals surface area contributed by atoms with E-state index in [1.54, 1.807) is 18.2 Å². The highest BCUT2D eigenvalue weighted by Gasteiger charge is 2.35. The van der Waals surface area contributed by atoms with Crippen molar-refractivity contribution in [3.8, 4) is 0 Å². The summed E-state index contributed by atoms with van der Waals surface area (Å²) in [6.45, 7) is 2.59. The smallest absolute Gasteiger partial charge is 0.305 e. The SMILES string of the molecule is CC(=O)N[C@H]1CCCCN([C@@H](C)C(=O)NC(CC(=O)O)C(=O)Cn2nnc(Sc3c(Cl)cccc3Cl)n2)C1=O. The molecular weight excluding hydrogens is 573 g/mol. The third kappa shape index (κ3) is 8.38. The topological polar surface area (TPSA) is 176 Å². The molecule has 3 amide bonds. The predicted molar refractivity (Wildman–Crippen MR) is 140 cm³/mol. The van der Waals surface area contributed by atoms with E-state index in [0.717, 1.165) is 16.6 Å². The van der Waals surface area contributed by atoms with Crippen LogP contribution in [-0.4, -0.2) is 84.4 Å². The normalized spacial score (nSPS) is 17.2. The lowest BCUT2D eigenvalue weighted by Gasteiger charge is -2.30. The molecule has 3 rings (SSSR count). The van der Waals surface area contributed by atoms with Gasteiger partial charge in [-0.1, -0.05) is 29.3 Å². The number of carbonyl (C=O) groups is 5. The van der Waals surface area contributed by atoms with Crippen molar-refractivity contribution < 1.29 is 29.1 Å². The van der Waals surface area contributed by atoms with Gasteiger partial charge in [-0.2, -0.15) is 4.80 Å². The summed E-state index contributed by atoms with van der Waals surface area (Å²) in [5.74, 6) is -3.47. The highest BCUT2D eigenvalue weighted by Crippen LogP contribution is 2.36. The Kier molecular flexibility index (Phi) is 10.7. The van der Waals surface area contributed by atoms with Crippen LogP contribution in [0.25, 0.3) is 0 Å². The van der Waals surface area contributed by atoms with Crippen LogP contribution in [0.3, 0.4) is 0 Å². The third-order valence-corrected chi connectivity index (χ3v) is 7.72. The fourth-order valence-electron chi connectivity index (χ4n) is 3.94. The predicted octanol–water partition coefficient (Wildman–Crippen LogP) is 1.57. The van der Waals surface area contributed by atoms with Gasteiger partial charge in [0.2, 0.25) is 22.9 Å². The standard InChI is InChI=1S/C23H27Cl2N7O6S/c1-12(31-9-4-3-8-16(22(31)38)26-13(2)33)21(37)27-17(10-19(35)36)18(34)11-32-29-23(28-30-32)39-20-14(24)6-5-7-15(20)25/h5-7,12,16-17H,3-4,8-11H2,1-2H3,(H,26,33)(H,27,37)(H,35,36)/t12-,16-,17?/m0/s1. The quantitative estimate of drug-likeness (QED) is 0.343. The van der Waals surface area contributed by atoms with Crippen LogP contribution in [0, 0.1) is 0 Å². The number of Topliss-reactive ketones (excluding diaryl/α,β-unsaturated/α-hetero) is 1. The van der Waals surface area contributed by atoms with Gasteiger partial charge in [0, 0.05) is 13.5 Å². The Hall–Kier alpha value is -3.23. The maximum Gasteiger partial charge on any atom is 0.305 e. The summed E-state index contributed by atoms with van der Waals surface area (Å²) in [6.07, 6.45) is 1.05. The number of aromatic nitrogens is 4. The molecule has 1 saturated heterocycles. The molecule has 0 saturated carbocycles. The summed E-state index contributed by atoms with van der Waals surface area (Å²) in [5, 5.41) is 27.1. The molecule has 210 valence electrons. The molecule has 2 heterocycles. The first-order valence-electron chi connectivity index (χ1n) is 12.0. The average Bonchev–Trinajstić information content (AvgIpc) is 3.22. The number of carboxylic acid groups (broad SMARTS) is 1. The van der Waals surface area contributed by atoms with Crippen molar-refractivity contribution >= 4 is 64.4 Å². The number of carbonyl (C=O) groups excluding carboxylic acids is 4. The van der Waals surface area contributed by atoms with E-state index in [1.165, 1.54) is 18.7 Å². The van der Waals surface area contributed by atoms with E-state index in [0.29, 0.717) is 34.2 Å². The van der Waals surface area contributed by atoms with E-state index in [1.807, 2.05) is 0 Å². The Labute approximate surface area is 237 Å². The Balaban J connectivity index is 1.68. The average molecular weight is 600 g/mol. The van der Waals surface area contributed by atoms with E-state index in [-0.39, 0.29) is 17.6 Å². The highest BCUT2D eigenvalue weighted by atomic mass is 35.5. The molecule has 3 N–H and O–H groups in total. The first kappa shape index (κ1) is 30.3. The molecule has 39 heavy (non-hydrogen) atoms. The molecule has 3 atom stereocenters. The van der Waals surface area contributed by atoms with Gasteiger partial charge in [-0.15, -0.1) is 10.2 Å². The van der Waals surface area contributed by atoms with Crippen LogP contribution < -0.4 is 10.6 Å². The van der Waals surface area contributed by atoms with Gasteiger partial charge in [0.25, 0.3) is 0 Å². The number of amides is 3. The minimum absolute atomic E-state index is 0.152. The molecule has 1 fully saturated rings. The Bertz CT molecular complexity index is 1240. The van der Waals surface area contributed by atoms with Crippen molar-refractivity contribution in [3.63, 3.8) is 0 Å². The van der Waals surface area contributed by atoms with Crippen LogP contribution in [0.4, 0.5) is 0 Å². The van der Waals surface area contributed by atoms with Gasteiger partial charge in [-0.3, -0.25) is 24.0 Å². The number of aliphatic carboxylic acids is 1. The van der Waals surface area contributed by atoms with Crippen LogP contribution in [0.1, 0.15) is 39.5 Å². The van der Waals surface area contributed by atoms with E-state index < -0.39 is 54.7 Å². The first-order chi connectivity index (χ1) is 18.5. The fraction of sp³-hybridized carbons (Fsp3) is 0.478. The number of benzene rings is 1. The number of hydrogen-bond donors (Lipinski definition) is 3. The van der Waals surface area contributed by atoms with Crippen molar-refractivity contribution in [3.05, 3.63) is 28.2 Å².